The van der Waals surface area contributed by atoms with Crippen LogP contribution in [0.15, 0.2) is 103 Å². The lowest BCUT2D eigenvalue weighted by Gasteiger charge is -2.27. The summed E-state index contributed by atoms with van der Waals surface area (Å²) in [7, 11) is 0. The van der Waals surface area contributed by atoms with Gasteiger partial charge in [0, 0.05) is 34.8 Å². The summed E-state index contributed by atoms with van der Waals surface area (Å²) >= 11 is 0. The van der Waals surface area contributed by atoms with Crippen LogP contribution in [0.5, 0.6) is 5.75 Å². The molecule has 3 heterocycles. The first kappa shape index (κ1) is 23.9. The summed E-state index contributed by atoms with van der Waals surface area (Å²) in [6.07, 6.45) is 3.77. The van der Waals surface area contributed by atoms with Crippen LogP contribution in [0.2, 0.25) is 0 Å². The molecule has 188 valence electrons. The van der Waals surface area contributed by atoms with E-state index in [0.29, 0.717) is 6.61 Å². The van der Waals surface area contributed by atoms with Crippen molar-refractivity contribution in [1.29, 1.82) is 0 Å². The number of hydrogen-bond acceptors (Lipinski definition) is 4. The summed E-state index contributed by atoms with van der Waals surface area (Å²) in [6, 6.07) is 31.8. The minimum atomic E-state index is 0.0511. The lowest BCUT2D eigenvalue weighted by atomic mass is 9.87. The Kier molecular flexibility index (Phi) is 5.96. The first-order valence-corrected chi connectivity index (χ1v) is 13.0. The third kappa shape index (κ3) is 4.54. The highest BCUT2D eigenvalue weighted by atomic mass is 16.5. The van der Waals surface area contributed by atoms with E-state index in [1.807, 2.05) is 18.5 Å². The molecule has 0 N–H and O–H groups in total. The fraction of sp³-hybridized carbons (Fsp3) is 0.176. The summed E-state index contributed by atoms with van der Waals surface area (Å²) in [5, 5.41) is 0. The normalized spacial score (nSPS) is 12.8. The third-order valence-corrected chi connectivity index (χ3v) is 7.05. The van der Waals surface area contributed by atoms with E-state index >= 15 is 0 Å². The lowest BCUT2D eigenvalue weighted by molar-refractivity contribution is 0.310. The number of pyridine rings is 2. The number of anilines is 3. The predicted octanol–water partition coefficient (Wildman–Crippen LogP) is 8.78. The van der Waals surface area contributed by atoms with E-state index in [2.05, 4.69) is 123 Å². The maximum absolute atomic E-state index is 6.33. The van der Waals surface area contributed by atoms with E-state index in [1.165, 1.54) is 11.1 Å². The van der Waals surface area contributed by atoms with Crippen LogP contribution in [0.4, 0.5) is 17.1 Å². The Bertz CT molecular complexity index is 1630. The molecule has 3 aromatic carbocycles. The third-order valence-electron chi connectivity index (χ3n) is 7.05. The van der Waals surface area contributed by atoms with Crippen molar-refractivity contribution < 1.29 is 4.74 Å². The second kappa shape index (κ2) is 9.46. The average Bonchev–Trinajstić information content (AvgIpc) is 3.09. The van der Waals surface area contributed by atoms with Crippen LogP contribution in [0.1, 0.15) is 37.5 Å². The molecule has 0 bridgehead atoms. The maximum Gasteiger partial charge on any atom is 0.143 e. The number of nitrogens with zero attached hydrogens (tertiary/aromatic N) is 3. The molecule has 0 spiro atoms. The van der Waals surface area contributed by atoms with Crippen LogP contribution < -0.4 is 9.64 Å². The number of fused-ring (bicyclic) bond motifs is 2. The molecule has 6 rings (SSSR count). The molecule has 0 aliphatic carbocycles. The highest BCUT2D eigenvalue weighted by molar-refractivity contribution is 5.86. The van der Waals surface area contributed by atoms with Crippen LogP contribution in [0.25, 0.3) is 22.5 Å². The number of aromatic nitrogens is 2. The van der Waals surface area contributed by atoms with E-state index < -0.39 is 0 Å². The largest absolute Gasteiger partial charge is 0.487 e. The van der Waals surface area contributed by atoms with Crippen molar-refractivity contribution in [3.8, 4) is 28.3 Å². The van der Waals surface area contributed by atoms with Crippen molar-refractivity contribution in [3.63, 3.8) is 0 Å². The molecule has 4 nitrogen and oxygen atoms in total. The summed E-state index contributed by atoms with van der Waals surface area (Å²) in [5.74, 6) is 0.843. The second-order valence-electron chi connectivity index (χ2n) is 10.9. The smallest absolute Gasteiger partial charge is 0.143 e. The van der Waals surface area contributed by atoms with Crippen molar-refractivity contribution >= 4 is 17.1 Å². The molecule has 38 heavy (non-hydrogen) atoms. The Morgan fingerprint density at radius 2 is 1.47 bits per heavy atom. The van der Waals surface area contributed by atoms with Gasteiger partial charge in [-0.25, -0.2) is 0 Å². The molecule has 4 heteroatoms. The van der Waals surface area contributed by atoms with Crippen molar-refractivity contribution in [2.75, 3.05) is 4.90 Å². The number of benzene rings is 3. The standard InChI is InChI=1S/C34H31N3O/c1-23-14-16-35-29(18-23)25-12-13-33-32(20-25)37(31-11-6-5-8-26(31)22-38-33)28-10-7-9-24(19-28)30-21-27(15-17-36-30)34(2,3)4/h5-21H,22H2,1-4H3. The van der Waals surface area contributed by atoms with Gasteiger partial charge in [0.2, 0.25) is 0 Å². The first-order chi connectivity index (χ1) is 18.4. The van der Waals surface area contributed by atoms with Crippen molar-refractivity contribution in [2.24, 2.45) is 0 Å². The van der Waals surface area contributed by atoms with Crippen LogP contribution in [0, 0.1) is 6.92 Å². The summed E-state index contributed by atoms with van der Waals surface area (Å²) in [5.41, 5.74) is 10.8. The minimum absolute atomic E-state index is 0.0511. The van der Waals surface area contributed by atoms with Gasteiger partial charge in [0.15, 0.2) is 0 Å². The van der Waals surface area contributed by atoms with Crippen LogP contribution in [0.3, 0.4) is 0 Å². The first-order valence-electron chi connectivity index (χ1n) is 13.0. The van der Waals surface area contributed by atoms with Gasteiger partial charge in [0.1, 0.15) is 12.4 Å². The molecule has 1 aliphatic rings. The van der Waals surface area contributed by atoms with E-state index in [1.54, 1.807) is 0 Å². The molecular formula is C34H31N3O. The summed E-state index contributed by atoms with van der Waals surface area (Å²) in [4.78, 5) is 11.7. The molecule has 5 aromatic rings. The predicted molar refractivity (Wildman–Crippen MR) is 155 cm³/mol. The number of aryl methyl sites for hydroxylation is 1. The Hall–Kier alpha value is -4.44. The van der Waals surface area contributed by atoms with E-state index in [9.17, 15) is 0 Å². The molecule has 2 aromatic heterocycles. The zero-order chi connectivity index (χ0) is 26.3. The highest BCUT2D eigenvalue weighted by Gasteiger charge is 2.24. The topological polar surface area (TPSA) is 38.2 Å². The van der Waals surface area contributed by atoms with Gasteiger partial charge in [-0.1, -0.05) is 51.1 Å². The molecule has 0 fully saturated rings. The quantitative estimate of drug-likeness (QED) is 0.250. The van der Waals surface area contributed by atoms with Crippen molar-refractivity contribution in [1.82, 2.24) is 9.97 Å². The Morgan fingerprint density at radius 3 is 2.29 bits per heavy atom. The zero-order valence-corrected chi connectivity index (χ0v) is 22.3. The Balaban J connectivity index is 1.52. The molecule has 0 atom stereocenters. The van der Waals surface area contributed by atoms with E-state index in [4.69, 9.17) is 9.72 Å². The van der Waals surface area contributed by atoms with Crippen molar-refractivity contribution in [2.45, 2.75) is 39.7 Å². The fourth-order valence-corrected chi connectivity index (χ4v) is 4.94. The van der Waals surface area contributed by atoms with Gasteiger partial charge in [-0.2, -0.15) is 0 Å². The number of rotatable bonds is 3. The van der Waals surface area contributed by atoms with Gasteiger partial charge >= 0.3 is 0 Å². The van der Waals surface area contributed by atoms with Gasteiger partial charge in [-0.15, -0.1) is 0 Å². The summed E-state index contributed by atoms with van der Waals surface area (Å²) in [6.45, 7) is 9.29. The Labute approximate surface area is 224 Å². The molecule has 0 saturated carbocycles. The summed E-state index contributed by atoms with van der Waals surface area (Å²) < 4.78 is 6.33. The van der Waals surface area contributed by atoms with Crippen LogP contribution in [-0.4, -0.2) is 9.97 Å². The average molecular weight is 498 g/mol. The lowest BCUT2D eigenvalue weighted by Crippen LogP contribution is -2.12. The molecule has 0 amide bonds. The van der Waals surface area contributed by atoms with Gasteiger partial charge in [-0.3, -0.25) is 9.97 Å². The van der Waals surface area contributed by atoms with Crippen LogP contribution >= 0.6 is 0 Å². The van der Waals surface area contributed by atoms with Crippen molar-refractivity contribution in [3.05, 3.63) is 120 Å². The zero-order valence-electron chi connectivity index (χ0n) is 22.3. The maximum atomic E-state index is 6.33. The van der Waals surface area contributed by atoms with Gasteiger partial charge in [0.25, 0.3) is 0 Å². The number of hydrogen-bond donors (Lipinski definition) is 0. The molecule has 0 saturated heterocycles. The number of ether oxygens (including phenoxy) is 1. The SMILES string of the molecule is Cc1ccnc(-c2ccc3c(c2)N(c2cccc(-c4cc(C(C)(C)C)ccn4)c2)c2ccccc2CO3)c1. The van der Waals surface area contributed by atoms with Gasteiger partial charge in [-0.05, 0) is 84.1 Å². The molecule has 0 unspecified atom stereocenters. The van der Waals surface area contributed by atoms with Gasteiger partial charge in [0.05, 0.1) is 22.8 Å². The molecular weight excluding hydrogens is 466 g/mol. The molecule has 1 aliphatic heterocycles. The molecule has 0 radical (unpaired) electrons. The number of para-hydroxylation sites is 1. The highest BCUT2D eigenvalue weighted by Crippen LogP contribution is 2.46. The van der Waals surface area contributed by atoms with Crippen LogP contribution in [-0.2, 0) is 12.0 Å². The van der Waals surface area contributed by atoms with Gasteiger partial charge < -0.3 is 9.64 Å². The van der Waals surface area contributed by atoms with E-state index in [-0.39, 0.29) is 5.41 Å². The monoisotopic (exact) mass is 497 g/mol. The van der Waals surface area contributed by atoms with E-state index in [0.717, 1.165) is 50.9 Å². The fourth-order valence-electron chi connectivity index (χ4n) is 4.94. The minimum Gasteiger partial charge on any atom is -0.487 e. The Morgan fingerprint density at radius 1 is 0.711 bits per heavy atom. The second-order valence-corrected chi connectivity index (χ2v) is 10.9.